The van der Waals surface area contributed by atoms with E-state index in [2.05, 4.69) is 4.74 Å². The highest BCUT2D eigenvalue weighted by molar-refractivity contribution is 7.97. The molecule has 0 aromatic rings. The molecule has 0 radical (unpaired) electrons. The molecule has 1 aliphatic rings. The van der Waals surface area contributed by atoms with Crippen LogP contribution < -0.4 is 5.14 Å². The molecule has 1 fully saturated rings. The Hall–Kier alpha value is -0.220. The highest BCUT2D eigenvalue weighted by atomic mass is 32.2. The van der Waals surface area contributed by atoms with Gasteiger partial charge in [-0.2, -0.15) is 0 Å². The second kappa shape index (κ2) is 4.72. The summed E-state index contributed by atoms with van der Waals surface area (Å²) in [7, 11) is 1.45. The Morgan fingerprint density at radius 2 is 2.00 bits per heavy atom. The van der Waals surface area contributed by atoms with Crippen molar-refractivity contribution in [1.82, 2.24) is 0 Å². The van der Waals surface area contributed by atoms with E-state index in [0.29, 0.717) is 5.25 Å². The lowest BCUT2D eigenvalue weighted by molar-refractivity contribution is -0.146. The second-order valence-corrected chi connectivity index (χ2v) is 4.07. The van der Waals surface area contributed by atoms with E-state index >= 15 is 0 Å². The quantitative estimate of drug-likeness (QED) is 0.526. The molecule has 2 N–H and O–H groups in total. The molecule has 0 aromatic heterocycles. The Kier molecular flexibility index (Phi) is 3.88. The lowest BCUT2D eigenvalue weighted by Crippen LogP contribution is -2.24. The number of hydrogen-bond donors (Lipinski definition) is 1. The predicted molar refractivity (Wildman–Crippen MR) is 49.5 cm³/mol. The van der Waals surface area contributed by atoms with Gasteiger partial charge in [0.25, 0.3) is 0 Å². The fraction of sp³-hybridized carbons (Fsp3) is 0.875. The molecule has 1 aliphatic carbocycles. The van der Waals surface area contributed by atoms with E-state index in [1.807, 2.05) is 0 Å². The Labute approximate surface area is 77.2 Å². The van der Waals surface area contributed by atoms with E-state index in [0.717, 1.165) is 25.7 Å². The minimum absolute atomic E-state index is 0.0597. The molecule has 3 nitrogen and oxygen atoms in total. The van der Waals surface area contributed by atoms with Crippen molar-refractivity contribution in [2.24, 2.45) is 11.1 Å². The zero-order chi connectivity index (χ0) is 8.97. The van der Waals surface area contributed by atoms with Gasteiger partial charge in [-0.15, -0.1) is 0 Å². The molecule has 0 atom stereocenters. The average Bonchev–Trinajstić information content (AvgIpc) is 2.17. The first-order chi connectivity index (χ1) is 5.77. The summed E-state index contributed by atoms with van der Waals surface area (Å²) < 4.78 is 4.68. The number of carbonyl (C=O) groups is 1. The summed E-state index contributed by atoms with van der Waals surface area (Å²) in [5.74, 6) is 0.0638. The summed E-state index contributed by atoms with van der Waals surface area (Å²) in [6.07, 6.45) is 3.95. The van der Waals surface area contributed by atoms with Crippen LogP contribution in [-0.4, -0.2) is 18.3 Å². The minimum atomic E-state index is -0.0597. The molecule has 0 unspecified atom stereocenters. The van der Waals surface area contributed by atoms with Crippen LogP contribution in [0.5, 0.6) is 0 Å². The number of carbonyl (C=O) groups excluding carboxylic acids is 1. The van der Waals surface area contributed by atoms with Gasteiger partial charge in [-0.3, -0.25) is 9.93 Å². The summed E-state index contributed by atoms with van der Waals surface area (Å²) in [5, 5.41) is 6.00. The molecule has 0 spiro atoms. The second-order valence-electron chi connectivity index (χ2n) is 3.13. The van der Waals surface area contributed by atoms with Gasteiger partial charge in [0.15, 0.2) is 0 Å². The van der Waals surface area contributed by atoms with Gasteiger partial charge in [-0.25, -0.2) is 0 Å². The van der Waals surface area contributed by atoms with Crippen molar-refractivity contribution in [2.45, 2.75) is 30.9 Å². The van der Waals surface area contributed by atoms with Gasteiger partial charge < -0.3 is 4.74 Å². The van der Waals surface area contributed by atoms with Crippen LogP contribution in [0.2, 0.25) is 0 Å². The van der Waals surface area contributed by atoms with Crippen molar-refractivity contribution < 1.29 is 9.53 Å². The van der Waals surface area contributed by atoms with Crippen molar-refractivity contribution in [3.8, 4) is 0 Å². The molecule has 1 saturated carbocycles. The van der Waals surface area contributed by atoms with Crippen LogP contribution in [0.1, 0.15) is 25.7 Å². The van der Waals surface area contributed by atoms with Crippen LogP contribution >= 0.6 is 11.9 Å². The first-order valence-corrected chi connectivity index (χ1v) is 5.15. The molecule has 0 bridgehead atoms. The normalized spacial score (nSPS) is 29.8. The first-order valence-electron chi connectivity index (χ1n) is 4.21. The largest absolute Gasteiger partial charge is 0.469 e. The molecule has 0 aliphatic heterocycles. The lowest BCUT2D eigenvalue weighted by Gasteiger charge is -2.24. The molecule has 0 saturated heterocycles. The fourth-order valence-corrected chi connectivity index (χ4v) is 2.15. The van der Waals surface area contributed by atoms with Gasteiger partial charge in [0, 0.05) is 5.25 Å². The maximum atomic E-state index is 11.1. The molecule has 12 heavy (non-hydrogen) atoms. The molecule has 0 amide bonds. The molecule has 1 rings (SSSR count). The van der Waals surface area contributed by atoms with Crippen LogP contribution in [0.4, 0.5) is 0 Å². The number of hydrogen-bond acceptors (Lipinski definition) is 4. The van der Waals surface area contributed by atoms with E-state index in [9.17, 15) is 4.79 Å². The number of methoxy groups -OCH3 is 1. The van der Waals surface area contributed by atoms with Gasteiger partial charge in [0.2, 0.25) is 0 Å². The standard InChI is InChI=1S/C8H15NO2S/c1-11-8(10)6-2-4-7(12-9)5-3-6/h6-7H,2-5,9H2,1H3. The number of nitrogens with two attached hydrogens (primary N) is 1. The Morgan fingerprint density at radius 3 is 2.42 bits per heavy atom. The van der Waals surface area contributed by atoms with Crippen LogP contribution in [-0.2, 0) is 9.53 Å². The maximum absolute atomic E-state index is 11.1. The summed E-state index contributed by atoms with van der Waals surface area (Å²) in [6.45, 7) is 0. The smallest absolute Gasteiger partial charge is 0.308 e. The van der Waals surface area contributed by atoms with Crippen molar-refractivity contribution in [1.29, 1.82) is 0 Å². The third kappa shape index (κ3) is 2.38. The number of rotatable bonds is 2. The Morgan fingerprint density at radius 1 is 1.42 bits per heavy atom. The summed E-state index contributed by atoms with van der Waals surface area (Å²) in [5.41, 5.74) is 0. The summed E-state index contributed by atoms with van der Waals surface area (Å²) in [6, 6.07) is 0. The molecular weight excluding hydrogens is 174 g/mol. The number of esters is 1. The van der Waals surface area contributed by atoms with E-state index < -0.39 is 0 Å². The maximum Gasteiger partial charge on any atom is 0.308 e. The Bertz CT molecular complexity index is 155. The number of ether oxygens (including phenoxy) is 1. The van der Waals surface area contributed by atoms with Crippen LogP contribution in [0.25, 0.3) is 0 Å². The van der Waals surface area contributed by atoms with Crippen molar-refractivity contribution >= 4 is 17.9 Å². The average molecular weight is 189 g/mol. The van der Waals surface area contributed by atoms with Crippen LogP contribution in [0.3, 0.4) is 0 Å². The van der Waals surface area contributed by atoms with Gasteiger partial charge >= 0.3 is 5.97 Å². The summed E-state index contributed by atoms with van der Waals surface area (Å²) in [4.78, 5) is 11.1. The van der Waals surface area contributed by atoms with Crippen molar-refractivity contribution in [3.63, 3.8) is 0 Å². The van der Waals surface area contributed by atoms with Gasteiger partial charge in [0.1, 0.15) is 0 Å². The van der Waals surface area contributed by atoms with Crippen molar-refractivity contribution in [3.05, 3.63) is 0 Å². The van der Waals surface area contributed by atoms with Crippen LogP contribution in [0.15, 0.2) is 0 Å². The molecule has 4 heteroatoms. The minimum Gasteiger partial charge on any atom is -0.469 e. The molecular formula is C8H15NO2S. The lowest BCUT2D eigenvalue weighted by atomic mass is 9.89. The fourth-order valence-electron chi connectivity index (χ4n) is 1.60. The molecule has 70 valence electrons. The van der Waals surface area contributed by atoms with E-state index in [-0.39, 0.29) is 11.9 Å². The zero-order valence-electron chi connectivity index (χ0n) is 7.29. The SMILES string of the molecule is COC(=O)C1CCC(SN)CC1. The highest BCUT2D eigenvalue weighted by Gasteiger charge is 2.26. The third-order valence-corrected chi connectivity index (χ3v) is 3.26. The highest BCUT2D eigenvalue weighted by Crippen LogP contribution is 2.29. The van der Waals surface area contributed by atoms with Crippen LogP contribution in [0, 0.1) is 5.92 Å². The van der Waals surface area contributed by atoms with Gasteiger partial charge in [-0.05, 0) is 25.7 Å². The summed E-state index contributed by atoms with van der Waals surface area (Å²) >= 11 is 1.41. The van der Waals surface area contributed by atoms with Gasteiger partial charge in [-0.1, -0.05) is 11.9 Å². The zero-order valence-corrected chi connectivity index (χ0v) is 8.10. The third-order valence-electron chi connectivity index (χ3n) is 2.40. The van der Waals surface area contributed by atoms with Crippen molar-refractivity contribution in [2.75, 3.05) is 7.11 Å². The monoisotopic (exact) mass is 189 g/mol. The van der Waals surface area contributed by atoms with E-state index in [1.54, 1.807) is 0 Å². The Balaban J connectivity index is 2.30. The van der Waals surface area contributed by atoms with Gasteiger partial charge in [0.05, 0.1) is 13.0 Å². The van der Waals surface area contributed by atoms with E-state index in [1.165, 1.54) is 19.1 Å². The first kappa shape index (κ1) is 9.86. The topological polar surface area (TPSA) is 52.3 Å². The predicted octanol–water partition coefficient (Wildman–Crippen LogP) is 1.33. The van der Waals surface area contributed by atoms with E-state index in [4.69, 9.17) is 5.14 Å². The molecule has 0 aromatic carbocycles. The molecule has 0 heterocycles.